The molecule has 0 unspecified atom stereocenters. The Morgan fingerprint density at radius 1 is 0.889 bits per heavy atom. The monoisotopic (exact) mass is 495 g/mol. The summed E-state index contributed by atoms with van der Waals surface area (Å²) in [6.07, 6.45) is 1.71. The molecule has 0 N–H and O–H groups in total. The summed E-state index contributed by atoms with van der Waals surface area (Å²) in [6, 6.07) is 27.6. The number of fused-ring (bicyclic) bond motifs is 1. The molecular weight excluding hydrogens is 470 g/mol. The predicted octanol–water partition coefficient (Wildman–Crippen LogP) is 6.97. The van der Waals surface area contributed by atoms with E-state index in [1.165, 1.54) is 4.90 Å². The number of carbonyl (C=O) groups excluding carboxylic acids is 2. The standard InChI is InChI=1S/C30H25NO4S/c1-20-13-15-21(16-14-20)18-31-29(32)27(36-30(31)33)17-23-9-6-12-26(34-2)28(23)35-19-24-10-5-8-22-7-3-4-11-25(22)24/h3-17H,18-19H2,1-2H3/b27-17-. The fraction of sp³-hybridized carbons (Fsp3) is 0.133. The molecule has 1 fully saturated rings. The Hall–Kier alpha value is -4.03. The first-order valence-corrected chi connectivity index (χ1v) is 12.4. The van der Waals surface area contributed by atoms with Gasteiger partial charge in [-0.1, -0.05) is 84.4 Å². The summed E-state index contributed by atoms with van der Waals surface area (Å²) in [5, 5.41) is 1.97. The van der Waals surface area contributed by atoms with Crippen molar-refractivity contribution < 1.29 is 19.1 Å². The fourth-order valence-corrected chi connectivity index (χ4v) is 5.01. The van der Waals surface area contributed by atoms with Crippen LogP contribution in [0.25, 0.3) is 16.8 Å². The molecule has 4 aromatic rings. The molecule has 2 amide bonds. The summed E-state index contributed by atoms with van der Waals surface area (Å²) in [5.41, 5.74) is 3.75. The van der Waals surface area contributed by atoms with Crippen LogP contribution >= 0.6 is 11.8 Å². The van der Waals surface area contributed by atoms with Gasteiger partial charge in [0, 0.05) is 5.56 Å². The van der Waals surface area contributed by atoms with Crippen LogP contribution in [0, 0.1) is 6.92 Å². The highest BCUT2D eigenvalue weighted by Crippen LogP contribution is 2.38. The van der Waals surface area contributed by atoms with E-state index in [9.17, 15) is 9.59 Å². The van der Waals surface area contributed by atoms with E-state index in [4.69, 9.17) is 9.47 Å². The number of hydrogen-bond donors (Lipinski definition) is 0. The molecule has 1 aliphatic heterocycles. The molecule has 6 heteroatoms. The first-order chi connectivity index (χ1) is 17.5. The Labute approximate surface area is 214 Å². The number of nitrogens with zero attached hydrogens (tertiary/aromatic N) is 1. The van der Waals surface area contributed by atoms with Gasteiger partial charge in [0.2, 0.25) is 0 Å². The summed E-state index contributed by atoms with van der Waals surface area (Å²) in [7, 11) is 1.58. The Morgan fingerprint density at radius 2 is 1.64 bits per heavy atom. The van der Waals surface area contributed by atoms with Crippen molar-refractivity contribution in [1.29, 1.82) is 0 Å². The molecule has 1 heterocycles. The highest BCUT2D eigenvalue weighted by molar-refractivity contribution is 8.18. The third-order valence-electron chi connectivity index (χ3n) is 6.10. The minimum atomic E-state index is -0.312. The zero-order chi connectivity index (χ0) is 25.1. The molecule has 0 saturated carbocycles. The second kappa shape index (κ2) is 10.3. The number of amides is 2. The van der Waals surface area contributed by atoms with E-state index >= 15 is 0 Å². The molecular formula is C30H25NO4S. The second-order valence-electron chi connectivity index (χ2n) is 8.56. The summed E-state index contributed by atoms with van der Waals surface area (Å²) in [6.45, 7) is 2.57. The molecule has 0 aromatic heterocycles. The van der Waals surface area contributed by atoms with Crippen molar-refractivity contribution in [2.45, 2.75) is 20.1 Å². The van der Waals surface area contributed by atoms with Crippen molar-refractivity contribution in [3.05, 3.63) is 112 Å². The number of aryl methyl sites for hydroxylation is 1. The number of benzene rings is 4. The van der Waals surface area contributed by atoms with Crippen LogP contribution < -0.4 is 9.47 Å². The van der Waals surface area contributed by atoms with Crippen molar-refractivity contribution in [2.75, 3.05) is 7.11 Å². The van der Waals surface area contributed by atoms with E-state index in [1.807, 2.05) is 73.7 Å². The Balaban J connectivity index is 1.41. The van der Waals surface area contributed by atoms with Crippen molar-refractivity contribution in [1.82, 2.24) is 4.90 Å². The van der Waals surface area contributed by atoms with E-state index in [2.05, 4.69) is 18.2 Å². The largest absolute Gasteiger partial charge is 0.493 e. The van der Waals surface area contributed by atoms with Crippen molar-refractivity contribution in [3.8, 4) is 11.5 Å². The molecule has 36 heavy (non-hydrogen) atoms. The maximum absolute atomic E-state index is 13.1. The zero-order valence-electron chi connectivity index (χ0n) is 20.1. The molecule has 180 valence electrons. The number of hydrogen-bond acceptors (Lipinski definition) is 5. The predicted molar refractivity (Wildman–Crippen MR) is 144 cm³/mol. The Kier molecular flexibility index (Phi) is 6.78. The van der Waals surface area contributed by atoms with Gasteiger partial charge in [0.1, 0.15) is 6.61 Å². The second-order valence-corrected chi connectivity index (χ2v) is 9.55. The van der Waals surface area contributed by atoms with Crippen LogP contribution in [-0.2, 0) is 17.9 Å². The average Bonchev–Trinajstić information content (AvgIpc) is 3.16. The minimum absolute atomic E-state index is 0.241. The molecule has 1 saturated heterocycles. The van der Waals surface area contributed by atoms with Crippen LogP contribution in [0.15, 0.2) is 89.8 Å². The lowest BCUT2D eigenvalue weighted by molar-refractivity contribution is -0.123. The highest BCUT2D eigenvalue weighted by atomic mass is 32.2. The SMILES string of the molecule is COc1cccc(/C=C2\SC(=O)N(Cc3ccc(C)cc3)C2=O)c1OCc1cccc2ccccc12. The smallest absolute Gasteiger partial charge is 0.293 e. The van der Waals surface area contributed by atoms with E-state index in [-0.39, 0.29) is 17.7 Å². The van der Waals surface area contributed by atoms with Crippen molar-refractivity contribution >= 4 is 39.8 Å². The molecule has 0 atom stereocenters. The van der Waals surface area contributed by atoms with Gasteiger partial charge < -0.3 is 9.47 Å². The topological polar surface area (TPSA) is 55.8 Å². The normalized spacial score (nSPS) is 14.6. The number of carbonyl (C=O) groups is 2. The molecule has 5 nitrogen and oxygen atoms in total. The van der Waals surface area contributed by atoms with E-state index in [0.717, 1.165) is 39.2 Å². The summed E-state index contributed by atoms with van der Waals surface area (Å²) < 4.78 is 11.8. The van der Waals surface area contributed by atoms with Gasteiger partial charge in [-0.2, -0.15) is 0 Å². The van der Waals surface area contributed by atoms with Gasteiger partial charge in [-0.05, 0) is 52.7 Å². The Bertz CT molecular complexity index is 1470. The summed E-state index contributed by atoms with van der Waals surface area (Å²) >= 11 is 0.940. The van der Waals surface area contributed by atoms with Crippen LogP contribution in [-0.4, -0.2) is 23.2 Å². The van der Waals surface area contributed by atoms with Gasteiger partial charge in [0.05, 0.1) is 18.6 Å². The van der Waals surface area contributed by atoms with E-state index in [1.54, 1.807) is 13.2 Å². The van der Waals surface area contributed by atoms with Crippen molar-refractivity contribution in [3.63, 3.8) is 0 Å². The first-order valence-electron chi connectivity index (χ1n) is 11.6. The maximum atomic E-state index is 13.1. The van der Waals surface area contributed by atoms with Crippen LogP contribution in [0.5, 0.6) is 11.5 Å². The number of rotatable bonds is 7. The van der Waals surface area contributed by atoms with Gasteiger partial charge in [0.15, 0.2) is 11.5 Å². The van der Waals surface area contributed by atoms with Crippen LogP contribution in [0.1, 0.15) is 22.3 Å². The van der Waals surface area contributed by atoms with Crippen molar-refractivity contribution in [2.24, 2.45) is 0 Å². The van der Waals surface area contributed by atoms with E-state index in [0.29, 0.717) is 28.6 Å². The third-order valence-corrected chi connectivity index (χ3v) is 7.01. The molecule has 5 rings (SSSR count). The van der Waals surface area contributed by atoms with Gasteiger partial charge >= 0.3 is 0 Å². The third kappa shape index (κ3) is 4.86. The minimum Gasteiger partial charge on any atom is -0.493 e. The van der Waals surface area contributed by atoms with Crippen LogP contribution in [0.2, 0.25) is 0 Å². The quantitative estimate of drug-likeness (QED) is 0.259. The fourth-order valence-electron chi connectivity index (χ4n) is 4.18. The average molecular weight is 496 g/mol. The summed E-state index contributed by atoms with van der Waals surface area (Å²) in [5.74, 6) is 0.773. The lowest BCUT2D eigenvalue weighted by Gasteiger charge is -2.15. The molecule has 4 aromatic carbocycles. The summed E-state index contributed by atoms with van der Waals surface area (Å²) in [4.78, 5) is 27.4. The maximum Gasteiger partial charge on any atom is 0.293 e. The molecule has 0 spiro atoms. The van der Waals surface area contributed by atoms with Crippen LogP contribution in [0.3, 0.4) is 0 Å². The van der Waals surface area contributed by atoms with Gasteiger partial charge in [0.25, 0.3) is 11.1 Å². The molecule has 0 bridgehead atoms. The molecule has 0 aliphatic carbocycles. The Morgan fingerprint density at radius 3 is 2.44 bits per heavy atom. The number of imide groups is 1. The van der Waals surface area contributed by atoms with Gasteiger partial charge in [-0.25, -0.2) is 0 Å². The van der Waals surface area contributed by atoms with E-state index < -0.39 is 0 Å². The number of para-hydroxylation sites is 1. The van der Waals surface area contributed by atoms with Gasteiger partial charge in [-0.3, -0.25) is 14.5 Å². The highest BCUT2D eigenvalue weighted by Gasteiger charge is 2.35. The number of thioether (sulfide) groups is 1. The van der Waals surface area contributed by atoms with Gasteiger partial charge in [-0.15, -0.1) is 0 Å². The molecule has 1 aliphatic rings. The zero-order valence-corrected chi connectivity index (χ0v) is 20.9. The number of methoxy groups -OCH3 is 1. The lowest BCUT2D eigenvalue weighted by Crippen LogP contribution is -2.27. The molecule has 0 radical (unpaired) electrons. The van der Waals surface area contributed by atoms with Crippen LogP contribution in [0.4, 0.5) is 4.79 Å². The number of ether oxygens (including phenoxy) is 2. The lowest BCUT2D eigenvalue weighted by atomic mass is 10.1. The first kappa shape index (κ1) is 23.7.